The molecule has 0 radical (unpaired) electrons. The van der Waals surface area contributed by atoms with Gasteiger partial charge in [-0.05, 0) is 65.8 Å². The summed E-state index contributed by atoms with van der Waals surface area (Å²) in [5.41, 5.74) is 4.73. The summed E-state index contributed by atoms with van der Waals surface area (Å²) in [6, 6.07) is 13.8. The normalized spacial score (nSPS) is 16.3. The summed E-state index contributed by atoms with van der Waals surface area (Å²) in [6.45, 7) is 0. The third kappa shape index (κ3) is 3.24. The summed E-state index contributed by atoms with van der Waals surface area (Å²) >= 11 is 12.3. The Labute approximate surface area is 161 Å². The van der Waals surface area contributed by atoms with Gasteiger partial charge in [0.1, 0.15) is 18.7 Å². The molecule has 0 amide bonds. The molecule has 0 saturated heterocycles. The van der Waals surface area contributed by atoms with Crippen LogP contribution < -0.4 is 0 Å². The fourth-order valence-electron chi connectivity index (χ4n) is 3.37. The maximum absolute atomic E-state index is 9.52. The van der Waals surface area contributed by atoms with E-state index >= 15 is 0 Å². The quantitative estimate of drug-likeness (QED) is 0.610. The van der Waals surface area contributed by atoms with Crippen LogP contribution in [0.25, 0.3) is 11.3 Å². The van der Waals surface area contributed by atoms with Crippen molar-refractivity contribution in [3.05, 3.63) is 81.9 Å². The van der Waals surface area contributed by atoms with E-state index in [2.05, 4.69) is 22.2 Å². The number of allylic oxidation sites excluding steroid dienone is 2. The molecule has 0 aliphatic heterocycles. The summed E-state index contributed by atoms with van der Waals surface area (Å²) in [7, 11) is 0. The lowest BCUT2D eigenvalue weighted by Crippen LogP contribution is -1.99. The second-order valence-electron chi connectivity index (χ2n) is 6.25. The first-order valence-electron chi connectivity index (χ1n) is 8.18. The molecule has 2 aromatic carbocycles. The number of nitriles is 1. The van der Waals surface area contributed by atoms with Gasteiger partial charge in [-0.2, -0.15) is 10.4 Å². The summed E-state index contributed by atoms with van der Waals surface area (Å²) in [5, 5.41) is 14.9. The van der Waals surface area contributed by atoms with E-state index in [1.54, 1.807) is 17.1 Å². The van der Waals surface area contributed by atoms with E-state index in [1.165, 1.54) is 11.9 Å². The van der Waals surface area contributed by atoms with Crippen LogP contribution >= 0.6 is 23.2 Å². The lowest BCUT2D eigenvalue weighted by atomic mass is 9.93. The smallest absolute Gasteiger partial charge is 0.138 e. The molecule has 0 fully saturated rings. The lowest BCUT2D eigenvalue weighted by molar-refractivity contribution is 0.759. The van der Waals surface area contributed by atoms with Crippen LogP contribution in [0.15, 0.2) is 55.1 Å². The zero-order chi connectivity index (χ0) is 18.1. The monoisotopic (exact) mass is 380 g/mol. The van der Waals surface area contributed by atoms with Crippen molar-refractivity contribution in [1.29, 1.82) is 5.26 Å². The van der Waals surface area contributed by atoms with Crippen molar-refractivity contribution in [3.8, 4) is 11.8 Å². The third-order valence-electron chi connectivity index (χ3n) is 4.62. The second kappa shape index (κ2) is 6.95. The molecule has 1 atom stereocenters. The Morgan fingerprint density at radius 3 is 2.62 bits per heavy atom. The molecule has 1 aliphatic rings. The van der Waals surface area contributed by atoms with Gasteiger partial charge in [-0.15, -0.1) is 0 Å². The Balaban J connectivity index is 1.60. The van der Waals surface area contributed by atoms with Crippen LogP contribution in [-0.2, 0) is 0 Å². The predicted octanol–water partition coefficient (Wildman–Crippen LogP) is 5.41. The minimum absolute atomic E-state index is 0.349. The van der Waals surface area contributed by atoms with Crippen LogP contribution in [0.1, 0.15) is 35.4 Å². The minimum Gasteiger partial charge on any atom is -0.223 e. The van der Waals surface area contributed by atoms with E-state index in [4.69, 9.17) is 23.2 Å². The van der Waals surface area contributed by atoms with Gasteiger partial charge >= 0.3 is 0 Å². The Morgan fingerprint density at radius 1 is 1.12 bits per heavy atom. The molecule has 0 spiro atoms. The van der Waals surface area contributed by atoms with Crippen molar-refractivity contribution < 1.29 is 0 Å². The number of benzene rings is 2. The van der Waals surface area contributed by atoms with E-state index in [0.29, 0.717) is 21.5 Å². The average Bonchev–Trinajstić information content (AvgIpc) is 3.32. The van der Waals surface area contributed by atoms with Crippen molar-refractivity contribution in [2.75, 3.05) is 0 Å². The molecule has 0 unspecified atom stereocenters. The van der Waals surface area contributed by atoms with Gasteiger partial charge in [-0.3, -0.25) is 0 Å². The summed E-state index contributed by atoms with van der Waals surface area (Å²) < 4.78 is 1.60. The molecule has 1 aliphatic carbocycles. The Morgan fingerprint density at radius 2 is 1.92 bits per heavy atom. The van der Waals surface area contributed by atoms with Gasteiger partial charge in [0.05, 0.1) is 11.3 Å². The number of nitrogens with zero attached hydrogens (tertiary/aromatic N) is 4. The summed E-state index contributed by atoms with van der Waals surface area (Å²) in [5.74, 6) is 0.349. The van der Waals surface area contributed by atoms with Crippen LogP contribution in [0.2, 0.25) is 10.0 Å². The maximum atomic E-state index is 9.52. The number of hydrogen-bond donors (Lipinski definition) is 0. The molecule has 4 rings (SSSR count). The number of halogens is 2. The van der Waals surface area contributed by atoms with Crippen LogP contribution in [0, 0.1) is 11.3 Å². The molecular formula is C20H14Cl2N4. The summed E-state index contributed by atoms with van der Waals surface area (Å²) in [6.07, 6.45) is 7.09. The highest BCUT2D eigenvalue weighted by molar-refractivity contribution is 6.34. The van der Waals surface area contributed by atoms with E-state index in [-0.39, 0.29) is 0 Å². The molecule has 26 heavy (non-hydrogen) atoms. The van der Waals surface area contributed by atoms with Gasteiger partial charge in [0.2, 0.25) is 0 Å². The zero-order valence-electron chi connectivity index (χ0n) is 13.7. The minimum atomic E-state index is 0.349. The van der Waals surface area contributed by atoms with Gasteiger partial charge in [0, 0.05) is 10.0 Å². The molecule has 3 aromatic rings. The van der Waals surface area contributed by atoms with Crippen molar-refractivity contribution in [2.45, 2.75) is 18.8 Å². The second-order valence-corrected chi connectivity index (χ2v) is 7.13. The van der Waals surface area contributed by atoms with Gasteiger partial charge < -0.3 is 0 Å². The topological polar surface area (TPSA) is 54.5 Å². The van der Waals surface area contributed by atoms with Gasteiger partial charge in [0.25, 0.3) is 0 Å². The Hall–Kier alpha value is -2.61. The molecule has 0 N–H and O–H groups in total. The molecule has 1 heterocycles. The molecule has 0 saturated carbocycles. The van der Waals surface area contributed by atoms with Crippen LogP contribution in [0.4, 0.5) is 0 Å². The standard InChI is InChI=1S/C20H14Cl2N4/c21-18-7-16(8-19(22)9-18)15-2-1-13(5-15)14-3-4-20(17(6-14)10-23)26-12-24-11-25-26/h1,3-4,6-9,11-12,15H,2,5H2/t15-/m0/s1. The van der Waals surface area contributed by atoms with E-state index in [9.17, 15) is 5.26 Å². The molecular weight excluding hydrogens is 367 g/mol. The summed E-state index contributed by atoms with van der Waals surface area (Å²) in [4.78, 5) is 3.94. The predicted molar refractivity (Wildman–Crippen MR) is 102 cm³/mol. The number of hydrogen-bond acceptors (Lipinski definition) is 3. The first-order valence-corrected chi connectivity index (χ1v) is 8.94. The first kappa shape index (κ1) is 16.8. The van der Waals surface area contributed by atoms with Crippen molar-refractivity contribution >= 4 is 28.8 Å². The van der Waals surface area contributed by atoms with Crippen LogP contribution in [0.5, 0.6) is 0 Å². The number of aromatic nitrogens is 3. The fraction of sp³-hybridized carbons (Fsp3) is 0.150. The Kier molecular flexibility index (Phi) is 4.50. The van der Waals surface area contributed by atoms with Crippen molar-refractivity contribution in [3.63, 3.8) is 0 Å². The largest absolute Gasteiger partial charge is 0.223 e. The number of rotatable bonds is 3. The molecule has 4 nitrogen and oxygen atoms in total. The van der Waals surface area contributed by atoms with E-state index in [1.807, 2.05) is 30.3 Å². The van der Waals surface area contributed by atoms with Crippen molar-refractivity contribution in [1.82, 2.24) is 14.8 Å². The highest BCUT2D eigenvalue weighted by Crippen LogP contribution is 2.40. The van der Waals surface area contributed by atoms with Crippen LogP contribution in [0.3, 0.4) is 0 Å². The highest BCUT2D eigenvalue weighted by Gasteiger charge is 2.21. The van der Waals surface area contributed by atoms with Gasteiger partial charge in [-0.25, -0.2) is 9.67 Å². The lowest BCUT2D eigenvalue weighted by Gasteiger charge is -2.13. The van der Waals surface area contributed by atoms with Crippen molar-refractivity contribution in [2.24, 2.45) is 0 Å². The Bertz CT molecular complexity index is 1010. The molecule has 6 heteroatoms. The first-order chi connectivity index (χ1) is 12.6. The third-order valence-corrected chi connectivity index (χ3v) is 5.06. The average molecular weight is 381 g/mol. The van der Waals surface area contributed by atoms with E-state index < -0.39 is 0 Å². The van der Waals surface area contributed by atoms with E-state index in [0.717, 1.165) is 29.7 Å². The van der Waals surface area contributed by atoms with Gasteiger partial charge in [-0.1, -0.05) is 35.3 Å². The fourth-order valence-corrected chi connectivity index (χ4v) is 3.92. The zero-order valence-corrected chi connectivity index (χ0v) is 15.2. The SMILES string of the molecule is N#Cc1cc(C2=CC[C@H](c3cc(Cl)cc(Cl)c3)C2)ccc1-n1cncn1. The van der Waals surface area contributed by atoms with Crippen LogP contribution in [-0.4, -0.2) is 14.8 Å². The molecule has 0 bridgehead atoms. The highest BCUT2D eigenvalue weighted by atomic mass is 35.5. The molecule has 128 valence electrons. The van der Waals surface area contributed by atoms with Gasteiger partial charge in [0.15, 0.2) is 0 Å². The molecule has 1 aromatic heterocycles. The maximum Gasteiger partial charge on any atom is 0.138 e.